The second-order valence-corrected chi connectivity index (χ2v) is 23.8. The molecule has 0 amide bonds. The molecule has 0 radical (unpaired) electrons. The van der Waals surface area contributed by atoms with Crippen LogP contribution in [-0.2, 0) is 28.4 Å². The quantitative estimate of drug-likeness (QED) is 0.112. The first-order valence-corrected chi connectivity index (χ1v) is 24.5. The van der Waals surface area contributed by atoms with E-state index in [-0.39, 0.29) is 41.6 Å². The van der Waals surface area contributed by atoms with Crippen molar-refractivity contribution >= 4 is 0 Å². The van der Waals surface area contributed by atoms with Gasteiger partial charge >= 0.3 is 0 Å². The van der Waals surface area contributed by atoms with Gasteiger partial charge in [-0.05, 0) is 78.4 Å². The van der Waals surface area contributed by atoms with Crippen LogP contribution in [0, 0.1) is 50.2 Å². The number of hydrogen-bond acceptors (Lipinski definition) is 19. The molecule has 13 N–H and O–H groups in total. The second kappa shape index (κ2) is 18.5. The summed E-state index contributed by atoms with van der Waals surface area (Å²) in [5.74, 6) is -0.393. The predicted molar refractivity (Wildman–Crippen MR) is 233 cm³/mol. The SMILES string of the molecule is CC1(C)CC[C@]2(CO[C@@H]3O[C@H](CO)[C@@H](O)[C@H](O)[C@H]3O[C@@H]3O[C@H](CO)[C@@H](O)[C@H](O)[C@H]3O[C@@H]3O[C@H](CO)[C@@H](O)[C@H](O)[C@H]3O)CC[C@]3(C)C(=C[C@@H](O)[C@@H]4[C@@]5(C)[C@H](O)C[C@H](O)C(C)(C)[C@@H]5CC[C@]43C)[C@@H]2C1. The summed E-state index contributed by atoms with van der Waals surface area (Å²) in [4.78, 5) is 0. The normalized spacial score (nSPS) is 55.0. The summed E-state index contributed by atoms with van der Waals surface area (Å²) in [5.41, 5.74) is -1.39. The Labute approximate surface area is 392 Å². The zero-order chi connectivity index (χ0) is 49.1. The summed E-state index contributed by atoms with van der Waals surface area (Å²) in [6, 6.07) is 0. The maximum atomic E-state index is 12.6. The fraction of sp³-hybridized carbons (Fsp3) is 0.958. The minimum Gasteiger partial charge on any atom is -0.394 e. The van der Waals surface area contributed by atoms with Crippen molar-refractivity contribution in [2.45, 2.75) is 210 Å². The molecular formula is C48H80O19. The number of fused-ring (bicyclic) bond motifs is 7. The van der Waals surface area contributed by atoms with Crippen molar-refractivity contribution in [2.75, 3.05) is 26.4 Å². The van der Waals surface area contributed by atoms with Crippen LogP contribution in [0.3, 0.4) is 0 Å². The monoisotopic (exact) mass is 961 g/mol. The number of allylic oxidation sites excluding steroid dienone is 1. The Morgan fingerprint density at radius 3 is 1.70 bits per heavy atom. The first-order valence-electron chi connectivity index (χ1n) is 24.5. The first-order chi connectivity index (χ1) is 31.3. The third-order valence-electron chi connectivity index (χ3n) is 19.5. The van der Waals surface area contributed by atoms with Gasteiger partial charge in [-0.25, -0.2) is 0 Å². The number of ether oxygens (including phenoxy) is 6. The molecule has 386 valence electrons. The highest BCUT2D eigenvalue weighted by atomic mass is 16.8. The van der Waals surface area contributed by atoms with Crippen LogP contribution in [0.5, 0.6) is 0 Å². The van der Waals surface area contributed by atoms with Gasteiger partial charge in [0.25, 0.3) is 0 Å². The van der Waals surface area contributed by atoms with E-state index in [4.69, 9.17) is 28.4 Å². The van der Waals surface area contributed by atoms with Crippen molar-refractivity contribution < 1.29 is 94.8 Å². The van der Waals surface area contributed by atoms with Crippen LogP contribution in [0.4, 0.5) is 0 Å². The van der Waals surface area contributed by atoms with E-state index in [1.807, 2.05) is 0 Å². The van der Waals surface area contributed by atoms with Crippen LogP contribution >= 0.6 is 0 Å². The molecule has 3 aliphatic heterocycles. The lowest BCUT2D eigenvalue weighted by Crippen LogP contribution is -2.70. The molecule has 0 aromatic carbocycles. The summed E-state index contributed by atoms with van der Waals surface area (Å²) in [6.45, 7) is 13.1. The van der Waals surface area contributed by atoms with Gasteiger partial charge in [0.15, 0.2) is 18.9 Å². The third-order valence-corrected chi connectivity index (χ3v) is 19.5. The van der Waals surface area contributed by atoms with Crippen LogP contribution in [0.1, 0.15) is 99.8 Å². The Morgan fingerprint density at radius 1 is 0.582 bits per heavy atom. The molecule has 0 bridgehead atoms. The Bertz CT molecular complexity index is 1780. The fourth-order valence-electron chi connectivity index (χ4n) is 15.0. The van der Waals surface area contributed by atoms with Crippen LogP contribution in [0.15, 0.2) is 11.6 Å². The van der Waals surface area contributed by atoms with Crippen LogP contribution in [-0.4, -0.2) is 203 Å². The average Bonchev–Trinajstić information content (AvgIpc) is 3.27. The highest BCUT2D eigenvalue weighted by Crippen LogP contribution is 2.75. The molecule has 25 atom stereocenters. The molecule has 8 rings (SSSR count). The molecule has 3 saturated heterocycles. The van der Waals surface area contributed by atoms with E-state index >= 15 is 0 Å². The van der Waals surface area contributed by atoms with E-state index in [1.54, 1.807) is 0 Å². The Balaban J connectivity index is 1.10. The van der Waals surface area contributed by atoms with Crippen molar-refractivity contribution in [1.29, 1.82) is 0 Å². The zero-order valence-electron chi connectivity index (χ0n) is 40.0. The number of aliphatic hydroxyl groups excluding tert-OH is 13. The third kappa shape index (κ3) is 8.23. The van der Waals surface area contributed by atoms with E-state index in [9.17, 15) is 66.4 Å². The van der Waals surface area contributed by atoms with Crippen molar-refractivity contribution in [3.05, 3.63) is 11.6 Å². The van der Waals surface area contributed by atoms with Crippen molar-refractivity contribution in [3.8, 4) is 0 Å². The Kier molecular flexibility index (Phi) is 14.4. The lowest BCUT2D eigenvalue weighted by atomic mass is 9.33. The minimum absolute atomic E-state index is 0.0200. The maximum Gasteiger partial charge on any atom is 0.187 e. The van der Waals surface area contributed by atoms with Crippen molar-refractivity contribution in [3.63, 3.8) is 0 Å². The van der Waals surface area contributed by atoms with Gasteiger partial charge in [0.2, 0.25) is 0 Å². The first kappa shape index (κ1) is 52.3. The van der Waals surface area contributed by atoms with Crippen LogP contribution in [0.25, 0.3) is 0 Å². The van der Waals surface area contributed by atoms with Crippen molar-refractivity contribution in [1.82, 2.24) is 0 Å². The molecule has 5 aliphatic carbocycles. The lowest BCUT2D eigenvalue weighted by Gasteiger charge is -2.72. The van der Waals surface area contributed by atoms with Gasteiger partial charge in [-0.3, -0.25) is 0 Å². The minimum atomic E-state index is -1.93. The molecule has 19 heteroatoms. The van der Waals surface area contributed by atoms with Crippen LogP contribution < -0.4 is 0 Å². The van der Waals surface area contributed by atoms with Gasteiger partial charge in [0.05, 0.1) is 44.7 Å². The molecule has 8 aliphatic rings. The Hall–Kier alpha value is -1.02. The summed E-state index contributed by atoms with van der Waals surface area (Å²) in [6.07, 6.45) is -20.2. The molecule has 0 unspecified atom stereocenters. The highest BCUT2D eigenvalue weighted by Gasteiger charge is 2.72. The smallest absolute Gasteiger partial charge is 0.187 e. The molecule has 0 aromatic heterocycles. The maximum absolute atomic E-state index is 12.6. The van der Waals surface area contributed by atoms with E-state index in [0.29, 0.717) is 6.42 Å². The van der Waals surface area contributed by atoms with E-state index < -0.39 is 152 Å². The van der Waals surface area contributed by atoms with E-state index in [0.717, 1.165) is 44.1 Å². The molecule has 19 nitrogen and oxygen atoms in total. The van der Waals surface area contributed by atoms with Gasteiger partial charge < -0.3 is 94.8 Å². The van der Waals surface area contributed by atoms with Gasteiger partial charge in [-0.2, -0.15) is 0 Å². The van der Waals surface area contributed by atoms with Crippen molar-refractivity contribution in [2.24, 2.45) is 50.2 Å². The molecule has 3 heterocycles. The number of hydrogen-bond donors (Lipinski definition) is 13. The second-order valence-electron chi connectivity index (χ2n) is 23.8. The topological polar surface area (TPSA) is 318 Å². The zero-order valence-corrected chi connectivity index (χ0v) is 40.0. The lowest BCUT2D eigenvalue weighted by molar-refractivity contribution is -0.394. The van der Waals surface area contributed by atoms with Gasteiger partial charge in [0, 0.05) is 23.2 Å². The molecule has 4 saturated carbocycles. The molecule has 0 spiro atoms. The van der Waals surface area contributed by atoms with Gasteiger partial charge in [0.1, 0.15) is 73.2 Å². The molecule has 7 fully saturated rings. The highest BCUT2D eigenvalue weighted by molar-refractivity contribution is 5.36. The summed E-state index contributed by atoms with van der Waals surface area (Å²) < 4.78 is 36.4. The van der Waals surface area contributed by atoms with Gasteiger partial charge in [-0.1, -0.05) is 60.1 Å². The summed E-state index contributed by atoms with van der Waals surface area (Å²) in [7, 11) is 0. The van der Waals surface area contributed by atoms with Gasteiger partial charge in [-0.15, -0.1) is 0 Å². The fourth-order valence-corrected chi connectivity index (χ4v) is 15.0. The largest absolute Gasteiger partial charge is 0.394 e. The summed E-state index contributed by atoms with van der Waals surface area (Å²) in [5, 5.41) is 143. The van der Waals surface area contributed by atoms with E-state index in [1.165, 1.54) is 0 Å². The molecule has 0 aromatic rings. The van der Waals surface area contributed by atoms with Crippen LogP contribution in [0.2, 0.25) is 0 Å². The summed E-state index contributed by atoms with van der Waals surface area (Å²) >= 11 is 0. The molecule has 67 heavy (non-hydrogen) atoms. The number of rotatable bonds is 10. The average molecular weight is 961 g/mol. The number of aliphatic hydroxyl groups is 13. The van der Waals surface area contributed by atoms with E-state index in [2.05, 4.69) is 54.5 Å². The molecular weight excluding hydrogens is 881 g/mol. The Morgan fingerprint density at radius 2 is 1.10 bits per heavy atom. The standard InChI is InChI=1S/C48H80O19/c1-43(2)10-12-48(13-11-45(5)21(22(48)16-43)14-23(52)39-46(45,6)9-8-27-44(3,4)28(53)15-29(54)47(27,39)7)20-62-41-37(34(59)31(56)25(18-50)64-41)67-42-38(35(60)32(57)26(19-51)65-42)66-40-36(61)33(58)30(55)24(17-49)63-40/h14,22-42,49-61H,8-13,15-20H2,1-7H3/t22-,23+,24+,25+,26+,27-,28-,29+,30+,31+,32+,33-,34-,35-,36+,37+,38+,39-,40-,41+,42-,45+,46+,47+,48+/m0/s1. The predicted octanol–water partition coefficient (Wildman–Crippen LogP) is -1.44.